The third-order valence-corrected chi connectivity index (χ3v) is 3.43. The lowest BCUT2D eigenvalue weighted by Gasteiger charge is -2.35. The van der Waals surface area contributed by atoms with Crippen molar-refractivity contribution < 1.29 is 9.13 Å². The first-order chi connectivity index (χ1) is 8.31. The van der Waals surface area contributed by atoms with Crippen molar-refractivity contribution in [2.75, 3.05) is 44.2 Å². The molecule has 0 bridgehead atoms. The second-order valence-electron chi connectivity index (χ2n) is 4.72. The van der Waals surface area contributed by atoms with E-state index in [0.29, 0.717) is 6.10 Å². The molecule has 3 nitrogen and oxygen atoms in total. The molecule has 2 fully saturated rings. The van der Waals surface area contributed by atoms with Gasteiger partial charge in [0.25, 0.3) is 0 Å². The molecular formula is C13H17FN2O. The predicted octanol–water partition coefficient (Wildman–Crippen LogP) is 1.35. The summed E-state index contributed by atoms with van der Waals surface area (Å²) in [5, 5.41) is 0. The molecule has 92 valence electrons. The molecule has 2 saturated heterocycles. The average Bonchev–Trinajstić information content (AvgIpc) is 3.15. The molecule has 2 aliphatic rings. The molecule has 1 atom stereocenters. The van der Waals surface area contributed by atoms with Crippen molar-refractivity contribution in [2.45, 2.75) is 6.10 Å². The molecular weight excluding hydrogens is 219 g/mol. The Bertz CT molecular complexity index is 370. The zero-order valence-electron chi connectivity index (χ0n) is 9.81. The van der Waals surface area contributed by atoms with Crippen LogP contribution in [0.15, 0.2) is 24.3 Å². The SMILES string of the molecule is Fc1ccc(N2CCN(CC3CO3)CC2)cc1. The number of halogens is 1. The van der Waals surface area contributed by atoms with Gasteiger partial charge in [-0.05, 0) is 24.3 Å². The van der Waals surface area contributed by atoms with Crippen LogP contribution in [0.1, 0.15) is 0 Å². The monoisotopic (exact) mass is 236 g/mol. The molecule has 0 amide bonds. The molecule has 0 aromatic heterocycles. The van der Waals surface area contributed by atoms with Crippen molar-refractivity contribution in [3.63, 3.8) is 0 Å². The maximum atomic E-state index is 12.8. The molecule has 0 radical (unpaired) electrons. The number of anilines is 1. The van der Waals surface area contributed by atoms with Crippen LogP contribution in [0.3, 0.4) is 0 Å². The summed E-state index contributed by atoms with van der Waals surface area (Å²) in [6.07, 6.45) is 0.479. The molecule has 1 unspecified atom stereocenters. The van der Waals surface area contributed by atoms with Gasteiger partial charge in [0.2, 0.25) is 0 Å². The Hall–Kier alpha value is -1.13. The Labute approximate surface area is 101 Å². The number of hydrogen-bond donors (Lipinski definition) is 0. The van der Waals surface area contributed by atoms with E-state index in [0.717, 1.165) is 45.0 Å². The van der Waals surface area contributed by atoms with E-state index in [1.54, 1.807) is 0 Å². The number of ether oxygens (including phenoxy) is 1. The highest BCUT2D eigenvalue weighted by Crippen LogP contribution is 2.18. The van der Waals surface area contributed by atoms with Crippen LogP contribution in [-0.2, 0) is 4.74 Å². The van der Waals surface area contributed by atoms with Gasteiger partial charge in [0.15, 0.2) is 0 Å². The number of piperazine rings is 1. The minimum Gasteiger partial charge on any atom is -0.372 e. The van der Waals surface area contributed by atoms with Gasteiger partial charge < -0.3 is 9.64 Å². The third kappa shape index (κ3) is 2.76. The van der Waals surface area contributed by atoms with E-state index in [2.05, 4.69) is 9.80 Å². The van der Waals surface area contributed by atoms with Crippen molar-refractivity contribution in [3.8, 4) is 0 Å². The van der Waals surface area contributed by atoms with Gasteiger partial charge in [-0.25, -0.2) is 4.39 Å². The molecule has 17 heavy (non-hydrogen) atoms. The predicted molar refractivity (Wildman–Crippen MR) is 64.8 cm³/mol. The minimum absolute atomic E-state index is 0.168. The van der Waals surface area contributed by atoms with Gasteiger partial charge in [0.1, 0.15) is 5.82 Å². The van der Waals surface area contributed by atoms with Crippen LogP contribution in [0, 0.1) is 5.82 Å². The highest BCUT2D eigenvalue weighted by atomic mass is 19.1. The second kappa shape index (κ2) is 4.63. The fourth-order valence-electron chi connectivity index (χ4n) is 2.30. The van der Waals surface area contributed by atoms with Crippen molar-refractivity contribution in [2.24, 2.45) is 0 Å². The lowest BCUT2D eigenvalue weighted by Crippen LogP contribution is -2.47. The van der Waals surface area contributed by atoms with Crippen LogP contribution in [0.2, 0.25) is 0 Å². The minimum atomic E-state index is -0.168. The molecule has 0 spiro atoms. The van der Waals surface area contributed by atoms with E-state index in [1.807, 2.05) is 12.1 Å². The molecule has 0 N–H and O–H groups in total. The zero-order valence-corrected chi connectivity index (χ0v) is 9.81. The van der Waals surface area contributed by atoms with Gasteiger partial charge in [-0.1, -0.05) is 0 Å². The van der Waals surface area contributed by atoms with Crippen molar-refractivity contribution in [3.05, 3.63) is 30.1 Å². The number of hydrogen-bond acceptors (Lipinski definition) is 3. The van der Waals surface area contributed by atoms with Crippen molar-refractivity contribution >= 4 is 5.69 Å². The lowest BCUT2D eigenvalue weighted by atomic mass is 10.2. The Morgan fingerprint density at radius 3 is 2.35 bits per heavy atom. The van der Waals surface area contributed by atoms with E-state index >= 15 is 0 Å². The summed E-state index contributed by atoms with van der Waals surface area (Å²) in [5.41, 5.74) is 1.12. The third-order valence-electron chi connectivity index (χ3n) is 3.43. The van der Waals surface area contributed by atoms with Gasteiger partial charge in [0.05, 0.1) is 12.7 Å². The van der Waals surface area contributed by atoms with E-state index in [1.165, 1.54) is 12.1 Å². The van der Waals surface area contributed by atoms with Crippen LogP contribution in [0.5, 0.6) is 0 Å². The molecule has 4 heteroatoms. The fourth-order valence-corrected chi connectivity index (χ4v) is 2.30. The summed E-state index contributed by atoms with van der Waals surface area (Å²) in [6.45, 7) is 6.15. The van der Waals surface area contributed by atoms with Gasteiger partial charge in [0, 0.05) is 38.4 Å². The molecule has 2 aliphatic heterocycles. The molecule has 1 aromatic carbocycles. The summed E-state index contributed by atoms with van der Waals surface area (Å²) in [5.74, 6) is -0.168. The Morgan fingerprint density at radius 1 is 1.12 bits per heavy atom. The Morgan fingerprint density at radius 2 is 1.76 bits per heavy atom. The van der Waals surface area contributed by atoms with Gasteiger partial charge in [-0.15, -0.1) is 0 Å². The smallest absolute Gasteiger partial charge is 0.123 e. The van der Waals surface area contributed by atoms with Gasteiger partial charge >= 0.3 is 0 Å². The molecule has 1 aromatic rings. The van der Waals surface area contributed by atoms with Crippen molar-refractivity contribution in [1.82, 2.24) is 4.90 Å². The summed E-state index contributed by atoms with van der Waals surface area (Å²) >= 11 is 0. The largest absolute Gasteiger partial charge is 0.372 e. The van der Waals surface area contributed by atoms with Crippen molar-refractivity contribution in [1.29, 1.82) is 0 Å². The molecule has 3 rings (SSSR count). The maximum Gasteiger partial charge on any atom is 0.123 e. The quantitative estimate of drug-likeness (QED) is 0.738. The molecule has 0 saturated carbocycles. The van der Waals surface area contributed by atoms with Crippen LogP contribution < -0.4 is 4.90 Å². The first-order valence-electron chi connectivity index (χ1n) is 6.16. The summed E-state index contributed by atoms with van der Waals surface area (Å²) in [7, 11) is 0. The molecule has 2 heterocycles. The lowest BCUT2D eigenvalue weighted by molar-refractivity contribution is 0.230. The number of epoxide rings is 1. The normalized spacial score (nSPS) is 25.0. The van der Waals surface area contributed by atoms with E-state index in [-0.39, 0.29) is 5.82 Å². The standard InChI is InChI=1S/C13H17FN2O/c14-11-1-3-12(4-2-11)16-7-5-15(6-8-16)9-13-10-17-13/h1-4,13H,5-10H2. The van der Waals surface area contributed by atoms with Crippen LogP contribution in [-0.4, -0.2) is 50.3 Å². The fraction of sp³-hybridized carbons (Fsp3) is 0.538. The number of nitrogens with zero attached hydrogens (tertiary/aromatic N) is 2. The summed E-state index contributed by atoms with van der Waals surface area (Å²) in [4.78, 5) is 4.75. The van der Waals surface area contributed by atoms with E-state index in [4.69, 9.17) is 4.74 Å². The highest BCUT2D eigenvalue weighted by molar-refractivity contribution is 5.46. The second-order valence-corrected chi connectivity index (χ2v) is 4.72. The number of benzene rings is 1. The number of rotatable bonds is 3. The van der Waals surface area contributed by atoms with Gasteiger partial charge in [-0.2, -0.15) is 0 Å². The highest BCUT2D eigenvalue weighted by Gasteiger charge is 2.27. The van der Waals surface area contributed by atoms with Crippen LogP contribution in [0.4, 0.5) is 10.1 Å². The average molecular weight is 236 g/mol. The Balaban J connectivity index is 1.54. The van der Waals surface area contributed by atoms with E-state index < -0.39 is 0 Å². The first-order valence-corrected chi connectivity index (χ1v) is 6.16. The maximum absolute atomic E-state index is 12.8. The van der Waals surface area contributed by atoms with Crippen LogP contribution in [0.25, 0.3) is 0 Å². The Kier molecular flexibility index (Phi) is 2.99. The first kappa shape index (κ1) is 11.0. The van der Waals surface area contributed by atoms with Crippen LogP contribution >= 0.6 is 0 Å². The summed E-state index contributed by atoms with van der Waals surface area (Å²) < 4.78 is 18.1. The zero-order chi connectivity index (χ0) is 11.7. The van der Waals surface area contributed by atoms with E-state index in [9.17, 15) is 4.39 Å². The topological polar surface area (TPSA) is 19.0 Å². The summed E-state index contributed by atoms with van der Waals surface area (Å²) in [6, 6.07) is 6.77. The molecule has 0 aliphatic carbocycles. The van der Waals surface area contributed by atoms with Gasteiger partial charge in [-0.3, -0.25) is 4.90 Å².